The first-order chi connectivity index (χ1) is 13.5. The van der Waals surface area contributed by atoms with Crippen LogP contribution >= 0.6 is 11.6 Å². The number of hydrogen-bond acceptors (Lipinski definition) is 4. The highest BCUT2D eigenvalue weighted by atomic mass is 35.5. The van der Waals surface area contributed by atoms with Gasteiger partial charge in [0.25, 0.3) is 0 Å². The Balaban J connectivity index is 1.62. The minimum absolute atomic E-state index is 0.0220. The molecule has 0 saturated carbocycles. The van der Waals surface area contributed by atoms with E-state index in [4.69, 9.17) is 21.1 Å². The Labute approximate surface area is 171 Å². The summed E-state index contributed by atoms with van der Waals surface area (Å²) in [6.45, 7) is 7.48. The molecule has 2 aromatic rings. The number of ether oxygens (including phenoxy) is 2. The third-order valence-electron chi connectivity index (χ3n) is 4.85. The number of rotatable bonds is 7. The zero-order chi connectivity index (χ0) is 20.1. The average Bonchev–Trinajstić information content (AvgIpc) is 2.70. The van der Waals surface area contributed by atoms with Gasteiger partial charge in [0.15, 0.2) is 11.5 Å². The minimum atomic E-state index is -0.110. The standard InChI is InChI=1S/C22H27ClN2O3/c1-14(2)22(16-8-9-19-20(12-16)28-11-10-27-19)25-21(26)13-24-15(3)17-6-4-5-7-18(17)23/h4-9,12,14-15,22,24H,10-11,13H2,1-3H3,(H,25,26)/t15-,22+/m1/s1. The monoisotopic (exact) mass is 402 g/mol. The van der Waals surface area contributed by atoms with Crippen LogP contribution in [0.5, 0.6) is 11.5 Å². The summed E-state index contributed by atoms with van der Waals surface area (Å²) in [5.41, 5.74) is 1.98. The Morgan fingerprint density at radius 1 is 1.07 bits per heavy atom. The average molecular weight is 403 g/mol. The van der Waals surface area contributed by atoms with Crippen molar-refractivity contribution in [2.75, 3.05) is 19.8 Å². The maximum atomic E-state index is 12.6. The molecule has 0 aliphatic carbocycles. The number of benzene rings is 2. The molecule has 2 atom stereocenters. The van der Waals surface area contributed by atoms with Gasteiger partial charge in [-0.3, -0.25) is 4.79 Å². The van der Waals surface area contributed by atoms with Gasteiger partial charge in [-0.2, -0.15) is 0 Å². The summed E-state index contributed by atoms with van der Waals surface area (Å²) < 4.78 is 11.3. The third kappa shape index (κ3) is 4.97. The molecule has 0 bridgehead atoms. The summed E-state index contributed by atoms with van der Waals surface area (Å²) in [6.07, 6.45) is 0. The molecule has 28 heavy (non-hydrogen) atoms. The quantitative estimate of drug-likeness (QED) is 0.725. The molecule has 2 aromatic carbocycles. The van der Waals surface area contributed by atoms with E-state index in [1.54, 1.807) is 0 Å². The molecule has 3 rings (SSSR count). The summed E-state index contributed by atoms with van der Waals surface area (Å²) in [6, 6.07) is 13.4. The number of amides is 1. The molecule has 1 aliphatic rings. The highest BCUT2D eigenvalue weighted by Crippen LogP contribution is 2.34. The van der Waals surface area contributed by atoms with Crippen molar-refractivity contribution in [2.24, 2.45) is 5.92 Å². The maximum absolute atomic E-state index is 12.6. The van der Waals surface area contributed by atoms with Gasteiger partial charge >= 0.3 is 0 Å². The van der Waals surface area contributed by atoms with E-state index in [0.717, 1.165) is 22.6 Å². The lowest BCUT2D eigenvalue weighted by molar-refractivity contribution is -0.121. The third-order valence-corrected chi connectivity index (χ3v) is 5.19. The van der Waals surface area contributed by atoms with Gasteiger partial charge in [-0.05, 0) is 42.2 Å². The van der Waals surface area contributed by atoms with Crippen molar-refractivity contribution in [3.8, 4) is 11.5 Å². The number of carbonyl (C=O) groups is 1. The molecule has 0 spiro atoms. The van der Waals surface area contributed by atoms with Crippen LogP contribution in [0, 0.1) is 5.92 Å². The van der Waals surface area contributed by atoms with E-state index in [2.05, 4.69) is 24.5 Å². The van der Waals surface area contributed by atoms with Gasteiger partial charge in [-0.25, -0.2) is 0 Å². The predicted molar refractivity (Wildman–Crippen MR) is 111 cm³/mol. The smallest absolute Gasteiger partial charge is 0.234 e. The highest BCUT2D eigenvalue weighted by molar-refractivity contribution is 6.31. The first-order valence-electron chi connectivity index (χ1n) is 9.62. The van der Waals surface area contributed by atoms with Gasteiger partial charge in [0.1, 0.15) is 13.2 Å². The summed E-state index contributed by atoms with van der Waals surface area (Å²) >= 11 is 6.24. The fourth-order valence-corrected chi connectivity index (χ4v) is 3.59. The fraction of sp³-hybridized carbons (Fsp3) is 0.409. The molecule has 1 aliphatic heterocycles. The Morgan fingerprint density at radius 3 is 2.50 bits per heavy atom. The Kier molecular flexibility index (Phi) is 6.81. The molecule has 0 saturated heterocycles. The van der Waals surface area contributed by atoms with Crippen LogP contribution < -0.4 is 20.1 Å². The lowest BCUT2D eigenvalue weighted by Crippen LogP contribution is -2.39. The molecular weight excluding hydrogens is 376 g/mol. The van der Waals surface area contributed by atoms with Crippen molar-refractivity contribution in [2.45, 2.75) is 32.9 Å². The second-order valence-electron chi connectivity index (χ2n) is 7.32. The van der Waals surface area contributed by atoms with Crippen molar-refractivity contribution in [1.82, 2.24) is 10.6 Å². The molecule has 0 fully saturated rings. The van der Waals surface area contributed by atoms with Crippen LogP contribution in [0.1, 0.15) is 44.0 Å². The van der Waals surface area contributed by atoms with E-state index in [1.807, 2.05) is 49.4 Å². The molecule has 0 unspecified atom stereocenters. The first kappa shape index (κ1) is 20.5. The minimum Gasteiger partial charge on any atom is -0.486 e. The molecule has 6 heteroatoms. The normalized spacial score (nSPS) is 15.2. The molecule has 1 heterocycles. The topological polar surface area (TPSA) is 59.6 Å². The number of carbonyl (C=O) groups excluding carboxylic acids is 1. The molecule has 0 radical (unpaired) electrons. The summed E-state index contributed by atoms with van der Waals surface area (Å²) in [5, 5.41) is 7.07. The number of halogens is 1. The summed E-state index contributed by atoms with van der Waals surface area (Å²) in [4.78, 5) is 12.6. The van der Waals surface area contributed by atoms with Gasteiger partial charge in [0.2, 0.25) is 5.91 Å². The van der Waals surface area contributed by atoms with Crippen LogP contribution in [0.2, 0.25) is 5.02 Å². The van der Waals surface area contributed by atoms with Gasteiger partial charge < -0.3 is 20.1 Å². The molecule has 150 valence electrons. The molecular formula is C22H27ClN2O3. The maximum Gasteiger partial charge on any atom is 0.234 e. The number of hydrogen-bond donors (Lipinski definition) is 2. The van der Waals surface area contributed by atoms with Gasteiger partial charge in [0, 0.05) is 11.1 Å². The molecule has 0 aromatic heterocycles. The van der Waals surface area contributed by atoms with Crippen LogP contribution in [0.4, 0.5) is 0 Å². The fourth-order valence-electron chi connectivity index (χ4n) is 3.29. The number of fused-ring (bicyclic) bond motifs is 1. The lowest BCUT2D eigenvalue weighted by Gasteiger charge is -2.26. The SMILES string of the molecule is CC(C)[C@H](NC(=O)CN[C@H](C)c1ccccc1Cl)c1ccc2c(c1)OCCO2. The zero-order valence-electron chi connectivity index (χ0n) is 16.5. The van der Waals surface area contributed by atoms with E-state index < -0.39 is 0 Å². The van der Waals surface area contributed by atoms with Gasteiger partial charge in [-0.15, -0.1) is 0 Å². The van der Waals surface area contributed by atoms with E-state index in [1.165, 1.54) is 0 Å². The number of nitrogens with one attached hydrogen (secondary N) is 2. The first-order valence-corrected chi connectivity index (χ1v) is 10.00. The van der Waals surface area contributed by atoms with E-state index in [-0.39, 0.29) is 30.5 Å². The van der Waals surface area contributed by atoms with Crippen LogP contribution in [-0.2, 0) is 4.79 Å². The lowest BCUT2D eigenvalue weighted by atomic mass is 9.95. The van der Waals surface area contributed by atoms with E-state index in [0.29, 0.717) is 18.2 Å². The largest absolute Gasteiger partial charge is 0.486 e. The summed E-state index contributed by atoms with van der Waals surface area (Å²) in [7, 11) is 0. The zero-order valence-corrected chi connectivity index (χ0v) is 17.3. The van der Waals surface area contributed by atoms with Crippen molar-refractivity contribution < 1.29 is 14.3 Å². The van der Waals surface area contributed by atoms with Crippen LogP contribution in [0.15, 0.2) is 42.5 Å². The van der Waals surface area contributed by atoms with E-state index in [9.17, 15) is 4.79 Å². The van der Waals surface area contributed by atoms with Crippen molar-refractivity contribution in [1.29, 1.82) is 0 Å². The van der Waals surface area contributed by atoms with Crippen LogP contribution in [0.3, 0.4) is 0 Å². The van der Waals surface area contributed by atoms with Crippen molar-refractivity contribution in [3.05, 3.63) is 58.6 Å². The molecule has 1 amide bonds. The highest BCUT2D eigenvalue weighted by Gasteiger charge is 2.21. The second kappa shape index (κ2) is 9.30. The van der Waals surface area contributed by atoms with Crippen LogP contribution in [-0.4, -0.2) is 25.7 Å². The van der Waals surface area contributed by atoms with Gasteiger partial charge in [0.05, 0.1) is 12.6 Å². The second-order valence-corrected chi connectivity index (χ2v) is 7.72. The van der Waals surface area contributed by atoms with E-state index >= 15 is 0 Å². The van der Waals surface area contributed by atoms with Crippen molar-refractivity contribution >= 4 is 17.5 Å². The Hall–Kier alpha value is -2.24. The summed E-state index contributed by atoms with van der Waals surface area (Å²) in [5.74, 6) is 1.65. The van der Waals surface area contributed by atoms with Gasteiger partial charge in [-0.1, -0.05) is 49.7 Å². The Morgan fingerprint density at radius 2 is 1.79 bits per heavy atom. The molecule has 2 N–H and O–H groups in total. The van der Waals surface area contributed by atoms with Crippen molar-refractivity contribution in [3.63, 3.8) is 0 Å². The predicted octanol–water partition coefficient (Wildman–Crippen LogP) is 4.28. The molecule has 5 nitrogen and oxygen atoms in total. The van der Waals surface area contributed by atoms with Crippen LogP contribution in [0.25, 0.3) is 0 Å². The Bertz CT molecular complexity index is 825.